The SMILES string of the molecule is NCC1CCC(c2nc(Cc3ccc(F)cc3)no2)CC1. The zero-order valence-corrected chi connectivity index (χ0v) is 12.0. The summed E-state index contributed by atoms with van der Waals surface area (Å²) in [4.78, 5) is 4.50. The summed E-state index contributed by atoms with van der Waals surface area (Å²) in [7, 11) is 0. The Balaban J connectivity index is 1.62. The van der Waals surface area contributed by atoms with Crippen LogP contribution >= 0.6 is 0 Å². The Kier molecular flexibility index (Phi) is 4.29. The zero-order chi connectivity index (χ0) is 14.7. The van der Waals surface area contributed by atoms with Crippen LogP contribution in [-0.2, 0) is 6.42 Å². The van der Waals surface area contributed by atoms with Crippen LogP contribution < -0.4 is 5.73 Å². The molecule has 1 aromatic carbocycles. The molecule has 0 aliphatic heterocycles. The van der Waals surface area contributed by atoms with Gasteiger partial charge in [0, 0.05) is 12.3 Å². The van der Waals surface area contributed by atoms with Crippen molar-refractivity contribution in [2.24, 2.45) is 11.7 Å². The first-order valence-corrected chi connectivity index (χ1v) is 7.51. The van der Waals surface area contributed by atoms with Crippen LogP contribution in [-0.4, -0.2) is 16.7 Å². The molecule has 0 bridgehead atoms. The molecule has 2 N–H and O–H groups in total. The average Bonchev–Trinajstić information content (AvgIpc) is 2.98. The van der Waals surface area contributed by atoms with E-state index in [1.54, 1.807) is 12.1 Å². The summed E-state index contributed by atoms with van der Waals surface area (Å²) in [5.74, 6) is 2.18. The summed E-state index contributed by atoms with van der Waals surface area (Å²) in [5.41, 5.74) is 6.69. The maximum absolute atomic E-state index is 12.9. The Hall–Kier alpha value is -1.75. The lowest BCUT2D eigenvalue weighted by Crippen LogP contribution is -2.20. The fraction of sp³-hybridized carbons (Fsp3) is 0.500. The van der Waals surface area contributed by atoms with Crippen LogP contribution in [0.25, 0.3) is 0 Å². The quantitative estimate of drug-likeness (QED) is 0.939. The van der Waals surface area contributed by atoms with Gasteiger partial charge in [0.1, 0.15) is 5.82 Å². The number of halogens is 1. The van der Waals surface area contributed by atoms with E-state index in [9.17, 15) is 4.39 Å². The minimum absolute atomic E-state index is 0.232. The van der Waals surface area contributed by atoms with Crippen molar-refractivity contribution in [3.05, 3.63) is 47.4 Å². The molecule has 0 unspecified atom stereocenters. The van der Waals surface area contributed by atoms with Crippen molar-refractivity contribution in [1.29, 1.82) is 0 Å². The summed E-state index contributed by atoms with van der Waals surface area (Å²) in [6.07, 6.45) is 4.98. The van der Waals surface area contributed by atoms with Gasteiger partial charge in [-0.3, -0.25) is 0 Å². The molecule has 1 aliphatic carbocycles. The number of nitrogens with zero attached hydrogens (tertiary/aromatic N) is 2. The van der Waals surface area contributed by atoms with Crippen LogP contribution in [0.5, 0.6) is 0 Å². The molecule has 0 saturated heterocycles. The molecular formula is C16H20FN3O. The highest BCUT2D eigenvalue weighted by atomic mass is 19.1. The van der Waals surface area contributed by atoms with E-state index in [0.717, 1.165) is 43.7 Å². The third kappa shape index (κ3) is 3.47. The molecule has 3 rings (SSSR count). The van der Waals surface area contributed by atoms with Crippen molar-refractivity contribution >= 4 is 0 Å². The highest BCUT2D eigenvalue weighted by Crippen LogP contribution is 2.34. The Labute approximate surface area is 123 Å². The van der Waals surface area contributed by atoms with E-state index in [2.05, 4.69) is 10.1 Å². The number of nitrogens with two attached hydrogens (primary N) is 1. The van der Waals surface area contributed by atoms with Gasteiger partial charge in [-0.1, -0.05) is 17.3 Å². The lowest BCUT2D eigenvalue weighted by atomic mass is 9.82. The van der Waals surface area contributed by atoms with E-state index in [1.165, 1.54) is 12.1 Å². The summed E-state index contributed by atoms with van der Waals surface area (Å²) in [6, 6.07) is 6.39. The van der Waals surface area contributed by atoms with E-state index < -0.39 is 0 Å². The van der Waals surface area contributed by atoms with Crippen molar-refractivity contribution in [2.75, 3.05) is 6.54 Å². The maximum Gasteiger partial charge on any atom is 0.229 e. The molecule has 1 aliphatic rings. The van der Waals surface area contributed by atoms with Crippen molar-refractivity contribution < 1.29 is 8.91 Å². The summed E-state index contributed by atoms with van der Waals surface area (Å²) < 4.78 is 18.3. The Morgan fingerprint density at radius 2 is 1.86 bits per heavy atom. The van der Waals surface area contributed by atoms with Gasteiger partial charge in [-0.2, -0.15) is 4.98 Å². The van der Waals surface area contributed by atoms with Crippen LogP contribution in [0.2, 0.25) is 0 Å². The van der Waals surface area contributed by atoms with Crippen LogP contribution in [0.1, 0.15) is 48.9 Å². The molecule has 0 amide bonds. The normalized spacial score (nSPS) is 22.4. The zero-order valence-electron chi connectivity index (χ0n) is 12.0. The molecule has 1 saturated carbocycles. The van der Waals surface area contributed by atoms with E-state index >= 15 is 0 Å². The maximum atomic E-state index is 12.9. The van der Waals surface area contributed by atoms with Gasteiger partial charge in [-0.05, 0) is 55.8 Å². The van der Waals surface area contributed by atoms with Crippen molar-refractivity contribution in [2.45, 2.75) is 38.0 Å². The van der Waals surface area contributed by atoms with Gasteiger partial charge in [0.05, 0.1) is 0 Å². The number of hydrogen-bond donors (Lipinski definition) is 1. The number of aromatic nitrogens is 2. The van der Waals surface area contributed by atoms with Gasteiger partial charge in [-0.25, -0.2) is 4.39 Å². The molecule has 0 spiro atoms. The Morgan fingerprint density at radius 3 is 2.52 bits per heavy atom. The number of hydrogen-bond acceptors (Lipinski definition) is 4. The monoisotopic (exact) mass is 289 g/mol. The predicted octanol–water partition coefficient (Wildman–Crippen LogP) is 3.03. The molecule has 1 fully saturated rings. The molecule has 112 valence electrons. The second kappa shape index (κ2) is 6.35. The second-order valence-electron chi connectivity index (χ2n) is 5.81. The fourth-order valence-electron chi connectivity index (χ4n) is 2.94. The van der Waals surface area contributed by atoms with Gasteiger partial charge >= 0.3 is 0 Å². The second-order valence-corrected chi connectivity index (χ2v) is 5.81. The minimum Gasteiger partial charge on any atom is -0.339 e. The Morgan fingerprint density at radius 1 is 1.14 bits per heavy atom. The summed E-state index contributed by atoms with van der Waals surface area (Å²) >= 11 is 0. The molecule has 0 radical (unpaired) electrons. The van der Waals surface area contributed by atoms with Crippen LogP contribution in [0, 0.1) is 11.7 Å². The van der Waals surface area contributed by atoms with E-state index in [-0.39, 0.29) is 5.82 Å². The largest absolute Gasteiger partial charge is 0.339 e. The van der Waals surface area contributed by atoms with Crippen molar-refractivity contribution in [3.63, 3.8) is 0 Å². The molecule has 1 heterocycles. The van der Waals surface area contributed by atoms with Crippen molar-refractivity contribution in [3.8, 4) is 0 Å². The number of benzene rings is 1. The van der Waals surface area contributed by atoms with Crippen LogP contribution in [0.4, 0.5) is 4.39 Å². The third-order valence-electron chi connectivity index (χ3n) is 4.29. The van der Waals surface area contributed by atoms with Gasteiger partial charge in [0.2, 0.25) is 5.89 Å². The fourth-order valence-corrected chi connectivity index (χ4v) is 2.94. The summed E-state index contributed by atoms with van der Waals surface area (Å²) in [5, 5.41) is 4.04. The van der Waals surface area contributed by atoms with E-state index in [1.807, 2.05) is 0 Å². The lowest BCUT2D eigenvalue weighted by Gasteiger charge is -2.24. The first kappa shape index (κ1) is 14.2. The standard InChI is InChI=1S/C16H20FN3O/c17-14-7-3-11(4-8-14)9-15-19-16(21-20-15)13-5-1-12(10-18)2-6-13/h3-4,7-8,12-13H,1-2,5-6,9-10,18H2. The number of rotatable bonds is 4. The first-order chi connectivity index (χ1) is 10.2. The van der Waals surface area contributed by atoms with Gasteiger partial charge < -0.3 is 10.3 Å². The molecule has 4 nitrogen and oxygen atoms in total. The predicted molar refractivity (Wildman–Crippen MR) is 77.3 cm³/mol. The van der Waals surface area contributed by atoms with Crippen LogP contribution in [0.15, 0.2) is 28.8 Å². The van der Waals surface area contributed by atoms with Crippen molar-refractivity contribution in [1.82, 2.24) is 10.1 Å². The van der Waals surface area contributed by atoms with Gasteiger partial charge in [0.25, 0.3) is 0 Å². The molecule has 1 aromatic heterocycles. The average molecular weight is 289 g/mol. The first-order valence-electron chi connectivity index (χ1n) is 7.51. The van der Waals surface area contributed by atoms with E-state index in [0.29, 0.717) is 24.1 Å². The Bertz CT molecular complexity index is 573. The third-order valence-corrected chi connectivity index (χ3v) is 4.29. The molecular weight excluding hydrogens is 269 g/mol. The highest BCUT2D eigenvalue weighted by Gasteiger charge is 2.25. The topological polar surface area (TPSA) is 64.9 Å². The lowest BCUT2D eigenvalue weighted by molar-refractivity contribution is 0.274. The smallest absolute Gasteiger partial charge is 0.229 e. The molecule has 21 heavy (non-hydrogen) atoms. The molecule has 2 aromatic rings. The van der Waals surface area contributed by atoms with Crippen LogP contribution in [0.3, 0.4) is 0 Å². The van der Waals surface area contributed by atoms with Gasteiger partial charge in [-0.15, -0.1) is 0 Å². The van der Waals surface area contributed by atoms with E-state index in [4.69, 9.17) is 10.3 Å². The molecule has 5 heteroatoms. The highest BCUT2D eigenvalue weighted by molar-refractivity contribution is 5.19. The minimum atomic E-state index is -0.232. The van der Waals surface area contributed by atoms with Gasteiger partial charge in [0.15, 0.2) is 5.82 Å². The molecule has 0 atom stereocenters. The summed E-state index contributed by atoms with van der Waals surface area (Å²) in [6.45, 7) is 0.770.